The van der Waals surface area contributed by atoms with Crippen LogP contribution < -0.4 is 0 Å². The van der Waals surface area contributed by atoms with Gasteiger partial charge in [-0.3, -0.25) is 9.36 Å². The number of nitrogens with one attached hydrogen (secondary N) is 1. The third kappa shape index (κ3) is 4.02. The van der Waals surface area contributed by atoms with Gasteiger partial charge in [0.15, 0.2) is 11.6 Å². The molecule has 3 heterocycles. The lowest BCUT2D eigenvalue weighted by molar-refractivity contribution is -0.137. The standard InChI is InChI=1S/C18H14ClF3N6OS3/c1-7-5-28-13(12-23-15(31)11(30)16(32)24-12)25-26-14(28)17(29)27(7)6-8-3-2-4-9(10(8)19)18(20,21)22/h2-4,7,30H,5-6H2,1H3,(H2,23,24,31,32)/t7-/m0/s1. The SMILES string of the molecule is C[C@H]1Cn2c(nnc2-c2nc(S)c(S)c(=S)[nH]2)C(=O)N1Cc1cccc(C(F)(F)F)c1Cl. The van der Waals surface area contributed by atoms with Crippen molar-refractivity contribution in [3.05, 3.63) is 44.8 Å². The number of amides is 1. The van der Waals surface area contributed by atoms with Gasteiger partial charge in [0.2, 0.25) is 5.82 Å². The average Bonchev–Trinajstić information content (AvgIpc) is 3.13. The largest absolute Gasteiger partial charge is 0.417 e. The molecule has 1 aliphatic heterocycles. The maximum absolute atomic E-state index is 13.2. The Kier molecular flexibility index (Phi) is 6.03. The van der Waals surface area contributed by atoms with Gasteiger partial charge in [-0.25, -0.2) is 4.98 Å². The Morgan fingerprint density at radius 1 is 1.28 bits per heavy atom. The van der Waals surface area contributed by atoms with Crippen molar-refractivity contribution in [1.29, 1.82) is 0 Å². The molecule has 4 rings (SSSR count). The highest BCUT2D eigenvalue weighted by atomic mass is 35.5. The normalized spacial score (nSPS) is 16.4. The number of fused-ring (bicyclic) bond motifs is 1. The molecule has 0 saturated carbocycles. The summed E-state index contributed by atoms with van der Waals surface area (Å²) in [5.74, 6) is 0.0853. The molecule has 1 amide bonds. The molecule has 14 heteroatoms. The number of aromatic nitrogens is 5. The Morgan fingerprint density at radius 3 is 2.62 bits per heavy atom. The number of thiol groups is 2. The number of halogens is 4. The molecule has 1 atom stereocenters. The molecule has 0 bridgehead atoms. The van der Waals surface area contributed by atoms with E-state index in [2.05, 4.69) is 45.4 Å². The molecule has 32 heavy (non-hydrogen) atoms. The highest BCUT2D eigenvalue weighted by Gasteiger charge is 2.37. The third-order valence-electron chi connectivity index (χ3n) is 4.99. The number of alkyl halides is 3. The van der Waals surface area contributed by atoms with Crippen LogP contribution in [-0.2, 0) is 19.3 Å². The van der Waals surface area contributed by atoms with E-state index < -0.39 is 28.7 Å². The lowest BCUT2D eigenvalue weighted by atomic mass is 10.1. The van der Waals surface area contributed by atoms with Gasteiger partial charge in [-0.1, -0.05) is 36.0 Å². The molecular formula is C18H14ClF3N6OS3. The van der Waals surface area contributed by atoms with Crippen molar-refractivity contribution >= 4 is 55.0 Å². The highest BCUT2D eigenvalue weighted by Crippen LogP contribution is 2.37. The smallest absolute Gasteiger partial charge is 0.327 e. The summed E-state index contributed by atoms with van der Waals surface area (Å²) in [7, 11) is 0. The molecule has 0 unspecified atom stereocenters. The molecule has 168 valence electrons. The second-order valence-corrected chi connectivity index (χ2v) is 8.76. The fraction of sp³-hybridized carbons (Fsp3) is 0.278. The zero-order valence-electron chi connectivity index (χ0n) is 16.2. The first-order valence-corrected chi connectivity index (χ1v) is 10.8. The van der Waals surface area contributed by atoms with E-state index in [-0.39, 0.29) is 36.1 Å². The summed E-state index contributed by atoms with van der Waals surface area (Å²) in [5.41, 5.74) is -0.763. The summed E-state index contributed by atoms with van der Waals surface area (Å²) in [5, 5.41) is 7.89. The topological polar surface area (TPSA) is 79.7 Å². The number of H-pyrrole nitrogens is 1. The first kappa shape index (κ1) is 23.1. The van der Waals surface area contributed by atoms with Crippen LogP contribution in [0.2, 0.25) is 5.02 Å². The van der Waals surface area contributed by atoms with Gasteiger partial charge in [0.05, 0.1) is 15.5 Å². The zero-order chi connectivity index (χ0) is 23.4. The maximum atomic E-state index is 13.2. The van der Waals surface area contributed by atoms with E-state index in [0.717, 1.165) is 6.07 Å². The van der Waals surface area contributed by atoms with Gasteiger partial charge >= 0.3 is 6.18 Å². The van der Waals surface area contributed by atoms with Crippen molar-refractivity contribution in [3.63, 3.8) is 0 Å². The Morgan fingerprint density at radius 2 is 1.97 bits per heavy atom. The van der Waals surface area contributed by atoms with Crippen LogP contribution in [0.5, 0.6) is 0 Å². The Labute approximate surface area is 200 Å². The van der Waals surface area contributed by atoms with E-state index in [1.165, 1.54) is 17.0 Å². The lowest BCUT2D eigenvalue weighted by Gasteiger charge is -2.34. The van der Waals surface area contributed by atoms with Crippen molar-refractivity contribution in [1.82, 2.24) is 29.6 Å². The van der Waals surface area contributed by atoms with Crippen molar-refractivity contribution in [3.8, 4) is 11.6 Å². The Balaban J connectivity index is 1.69. The molecule has 7 nitrogen and oxygen atoms in total. The van der Waals surface area contributed by atoms with E-state index in [0.29, 0.717) is 14.6 Å². The number of nitrogens with zero attached hydrogens (tertiary/aromatic N) is 5. The second kappa shape index (κ2) is 8.36. The van der Waals surface area contributed by atoms with Gasteiger partial charge in [0.1, 0.15) is 9.67 Å². The summed E-state index contributed by atoms with van der Waals surface area (Å²) >= 11 is 19.7. The van der Waals surface area contributed by atoms with Crippen LogP contribution in [0.15, 0.2) is 28.1 Å². The highest BCUT2D eigenvalue weighted by molar-refractivity contribution is 7.83. The Hall–Kier alpha value is -2.09. The van der Waals surface area contributed by atoms with Crippen LogP contribution in [0.4, 0.5) is 13.2 Å². The summed E-state index contributed by atoms with van der Waals surface area (Å²) in [4.78, 5) is 22.1. The van der Waals surface area contributed by atoms with Crippen LogP contribution in [-0.4, -0.2) is 41.6 Å². The number of rotatable bonds is 3. The number of aromatic amines is 1. The monoisotopic (exact) mass is 518 g/mol. The van der Waals surface area contributed by atoms with Crippen molar-refractivity contribution < 1.29 is 18.0 Å². The van der Waals surface area contributed by atoms with E-state index in [1.54, 1.807) is 11.5 Å². The fourth-order valence-corrected chi connectivity index (χ4v) is 4.27. The fourth-order valence-electron chi connectivity index (χ4n) is 3.39. The Bertz CT molecular complexity index is 1290. The molecule has 1 aliphatic rings. The number of hydrogen-bond donors (Lipinski definition) is 3. The van der Waals surface area contributed by atoms with E-state index in [4.69, 9.17) is 23.8 Å². The van der Waals surface area contributed by atoms with Crippen molar-refractivity contribution in [2.45, 2.75) is 42.2 Å². The zero-order valence-corrected chi connectivity index (χ0v) is 19.5. The number of benzene rings is 1. The van der Waals surface area contributed by atoms with E-state index >= 15 is 0 Å². The minimum Gasteiger partial charge on any atom is -0.327 e. The van der Waals surface area contributed by atoms with Crippen LogP contribution in [0.25, 0.3) is 11.6 Å². The lowest BCUT2D eigenvalue weighted by Crippen LogP contribution is -2.46. The van der Waals surface area contributed by atoms with Gasteiger partial charge in [-0.05, 0) is 18.6 Å². The minimum atomic E-state index is -4.60. The van der Waals surface area contributed by atoms with E-state index in [1.807, 2.05) is 0 Å². The van der Waals surface area contributed by atoms with Gasteiger partial charge in [0.25, 0.3) is 5.91 Å². The quantitative estimate of drug-likeness (QED) is 0.266. The molecule has 0 aliphatic carbocycles. The predicted molar refractivity (Wildman–Crippen MR) is 119 cm³/mol. The second-order valence-electron chi connectivity index (χ2n) is 7.10. The van der Waals surface area contributed by atoms with Gasteiger partial charge in [0, 0.05) is 19.1 Å². The van der Waals surface area contributed by atoms with Crippen LogP contribution >= 0.6 is 49.1 Å². The van der Waals surface area contributed by atoms with Crippen LogP contribution in [0.1, 0.15) is 28.7 Å². The van der Waals surface area contributed by atoms with E-state index in [9.17, 15) is 18.0 Å². The van der Waals surface area contributed by atoms with Crippen LogP contribution in [0, 0.1) is 4.64 Å². The van der Waals surface area contributed by atoms with Crippen LogP contribution in [0.3, 0.4) is 0 Å². The van der Waals surface area contributed by atoms with Crippen molar-refractivity contribution in [2.75, 3.05) is 0 Å². The molecule has 3 aromatic rings. The molecule has 1 aromatic carbocycles. The molecule has 1 N–H and O–H groups in total. The summed E-state index contributed by atoms with van der Waals surface area (Å²) in [6.07, 6.45) is -4.60. The summed E-state index contributed by atoms with van der Waals surface area (Å²) in [6.45, 7) is 1.94. The first-order valence-electron chi connectivity index (χ1n) is 9.10. The number of carbonyl (C=O) groups is 1. The number of hydrogen-bond acceptors (Lipinski definition) is 7. The number of carbonyl (C=O) groups excluding carboxylic acids is 1. The third-order valence-corrected chi connectivity index (χ3v) is 6.83. The minimum absolute atomic E-state index is 0.0259. The van der Waals surface area contributed by atoms with Gasteiger partial charge in [-0.15, -0.1) is 35.5 Å². The molecule has 0 saturated heterocycles. The van der Waals surface area contributed by atoms with Crippen molar-refractivity contribution in [2.24, 2.45) is 0 Å². The maximum Gasteiger partial charge on any atom is 0.417 e. The first-order chi connectivity index (χ1) is 15.0. The molecular weight excluding hydrogens is 505 g/mol. The molecule has 0 fully saturated rings. The predicted octanol–water partition coefficient (Wildman–Crippen LogP) is 4.69. The molecule has 2 aromatic heterocycles. The summed E-state index contributed by atoms with van der Waals surface area (Å²) < 4.78 is 41.5. The summed E-state index contributed by atoms with van der Waals surface area (Å²) in [6, 6.07) is 3.23. The molecule has 0 radical (unpaired) electrons. The van der Waals surface area contributed by atoms with Gasteiger partial charge in [-0.2, -0.15) is 13.2 Å². The van der Waals surface area contributed by atoms with Gasteiger partial charge < -0.3 is 9.88 Å². The average molecular weight is 519 g/mol. The molecule has 0 spiro atoms.